The van der Waals surface area contributed by atoms with Crippen molar-refractivity contribution in [1.82, 2.24) is 14.3 Å². The van der Waals surface area contributed by atoms with E-state index in [0.29, 0.717) is 29.0 Å². The van der Waals surface area contributed by atoms with E-state index < -0.39 is 54.5 Å². The number of aromatic nitrogens is 2. The molecular weight excluding hydrogens is 525 g/mol. The van der Waals surface area contributed by atoms with Crippen molar-refractivity contribution in [2.24, 2.45) is 5.73 Å². The fourth-order valence-electron chi connectivity index (χ4n) is 3.12. The van der Waals surface area contributed by atoms with E-state index in [1.54, 1.807) is 43.5 Å². The Morgan fingerprint density at radius 1 is 1.19 bits per heavy atom. The van der Waals surface area contributed by atoms with Crippen LogP contribution in [0.3, 0.4) is 0 Å². The lowest BCUT2D eigenvalue weighted by molar-refractivity contribution is -0.265. The van der Waals surface area contributed by atoms with Crippen molar-refractivity contribution in [3.8, 4) is 0 Å². The predicted octanol–water partition coefficient (Wildman–Crippen LogP) is 4.75. The third kappa shape index (κ3) is 8.84. The molecule has 0 saturated heterocycles. The van der Waals surface area contributed by atoms with E-state index in [1.807, 2.05) is 0 Å². The van der Waals surface area contributed by atoms with Crippen LogP contribution in [0.5, 0.6) is 0 Å². The van der Waals surface area contributed by atoms with Crippen molar-refractivity contribution >= 4 is 30.1 Å². The maximum Gasteiger partial charge on any atom is 0.416 e. The van der Waals surface area contributed by atoms with E-state index in [0.717, 1.165) is 19.9 Å². The number of nitrogens with two attached hydrogens (primary N) is 1. The minimum absolute atomic E-state index is 0.0590. The smallest absolute Gasteiger partial charge is 0.375 e. The van der Waals surface area contributed by atoms with Gasteiger partial charge < -0.3 is 24.9 Å². The Labute approximate surface area is 220 Å². The van der Waals surface area contributed by atoms with Gasteiger partial charge in [-0.3, -0.25) is 0 Å². The van der Waals surface area contributed by atoms with Gasteiger partial charge in [0, 0.05) is 14.7 Å². The molecule has 0 aliphatic carbocycles. The van der Waals surface area contributed by atoms with Crippen LogP contribution in [0.15, 0.2) is 18.2 Å². The van der Waals surface area contributed by atoms with Crippen molar-refractivity contribution in [3.63, 3.8) is 0 Å². The summed E-state index contributed by atoms with van der Waals surface area (Å²) < 4.78 is 68.8. The lowest BCUT2D eigenvalue weighted by Gasteiger charge is -2.31. The first-order valence-corrected chi connectivity index (χ1v) is 17.0. The van der Waals surface area contributed by atoms with Crippen LogP contribution >= 0.6 is 0 Å². The zero-order chi connectivity index (χ0) is 28.4. The number of nitrogens with one attached hydrogen (secondary N) is 1. The van der Waals surface area contributed by atoms with E-state index in [9.17, 15) is 22.5 Å². The summed E-state index contributed by atoms with van der Waals surface area (Å²) in [5, 5.41) is 9.89. The molecule has 0 unspecified atom stereocenters. The zero-order valence-corrected chi connectivity index (χ0v) is 24.7. The highest BCUT2D eigenvalue weighted by molar-refractivity contribution is 7.84. The normalized spacial score (nSPS) is 16.2. The molecule has 0 fully saturated rings. The minimum Gasteiger partial charge on any atom is -0.375 e. The van der Waals surface area contributed by atoms with Gasteiger partial charge in [-0.25, -0.2) is 13.9 Å². The number of halogens is 3. The molecule has 1 aromatic heterocycles. The lowest BCUT2D eigenvalue weighted by Crippen LogP contribution is -2.45. The maximum absolute atomic E-state index is 13.5. The van der Waals surface area contributed by atoms with Crippen LogP contribution in [0.4, 0.5) is 13.2 Å². The number of fused-ring (bicyclic) bond motifs is 1. The van der Waals surface area contributed by atoms with Gasteiger partial charge in [-0.1, -0.05) is 25.7 Å². The average molecular weight is 567 g/mol. The second-order valence-electron chi connectivity index (χ2n) is 11.8. The highest BCUT2D eigenvalue weighted by Gasteiger charge is 2.49. The summed E-state index contributed by atoms with van der Waals surface area (Å²) in [4.78, 5) is 4.65. The molecule has 3 atom stereocenters. The van der Waals surface area contributed by atoms with Crippen molar-refractivity contribution < 1.29 is 32.0 Å². The highest BCUT2D eigenvalue weighted by atomic mass is 32.2. The van der Waals surface area contributed by atoms with Crippen molar-refractivity contribution in [1.29, 1.82) is 0 Å². The first-order valence-electron chi connectivity index (χ1n) is 12.1. The Kier molecular flexibility index (Phi) is 10.2. The van der Waals surface area contributed by atoms with Gasteiger partial charge in [-0.05, 0) is 58.4 Å². The molecule has 0 spiro atoms. The zero-order valence-electron chi connectivity index (χ0n) is 22.9. The number of hydrogen-bond acceptors (Lipinski definition) is 6. The SMILES string of the molecule is CC(C)(C)[S@](=O)N[C@H](COC(C)(C)C(F)(F)F)c1nc2ccc([C@H](N)O)cc2n1COCC[Si](C)(C)C. The van der Waals surface area contributed by atoms with E-state index in [1.165, 1.54) is 0 Å². The van der Waals surface area contributed by atoms with Crippen LogP contribution in [-0.4, -0.2) is 56.7 Å². The van der Waals surface area contributed by atoms with Gasteiger partial charge >= 0.3 is 6.18 Å². The molecule has 2 rings (SSSR count). The number of aliphatic hydroxyl groups is 1. The van der Waals surface area contributed by atoms with Gasteiger partial charge in [0.05, 0.1) is 33.4 Å². The third-order valence-corrected chi connectivity index (χ3v) is 9.09. The third-order valence-electron chi connectivity index (χ3n) is 5.77. The minimum atomic E-state index is -4.60. The summed E-state index contributed by atoms with van der Waals surface area (Å²) in [6, 6.07) is 4.91. The summed E-state index contributed by atoms with van der Waals surface area (Å²) in [5.74, 6) is 0.308. The fraction of sp³-hybridized carbons (Fsp3) is 0.708. The molecule has 0 bridgehead atoms. The number of rotatable bonds is 12. The van der Waals surface area contributed by atoms with E-state index in [4.69, 9.17) is 15.2 Å². The summed E-state index contributed by atoms with van der Waals surface area (Å²) in [7, 11) is -3.00. The van der Waals surface area contributed by atoms with Gasteiger partial charge in [0.2, 0.25) is 0 Å². The Bertz CT molecular complexity index is 1080. The molecule has 0 aliphatic heterocycles. The van der Waals surface area contributed by atoms with E-state index in [-0.39, 0.29) is 6.73 Å². The molecule has 1 heterocycles. The predicted molar refractivity (Wildman–Crippen MR) is 143 cm³/mol. The molecule has 8 nitrogen and oxygen atoms in total. The molecule has 0 amide bonds. The molecule has 1 aromatic carbocycles. The molecule has 0 radical (unpaired) electrons. The number of nitrogens with zero attached hydrogens (tertiary/aromatic N) is 2. The largest absolute Gasteiger partial charge is 0.416 e. The van der Waals surface area contributed by atoms with Crippen LogP contribution < -0.4 is 10.5 Å². The average Bonchev–Trinajstić information content (AvgIpc) is 3.09. The molecule has 13 heteroatoms. The number of hydrogen-bond donors (Lipinski definition) is 3. The quantitative estimate of drug-likeness (QED) is 0.194. The van der Waals surface area contributed by atoms with Gasteiger partial charge in [0.25, 0.3) is 0 Å². The molecule has 0 saturated carbocycles. The number of imidazole rings is 1. The van der Waals surface area contributed by atoms with Crippen molar-refractivity contribution in [3.05, 3.63) is 29.6 Å². The first-order chi connectivity index (χ1) is 16.7. The Hall–Kier alpha value is -1.35. The summed E-state index contributed by atoms with van der Waals surface area (Å²) in [6.45, 7) is 14.0. The van der Waals surface area contributed by atoms with E-state index in [2.05, 4.69) is 29.3 Å². The van der Waals surface area contributed by atoms with E-state index >= 15 is 0 Å². The number of aliphatic hydroxyl groups excluding tert-OH is 1. The summed E-state index contributed by atoms with van der Waals surface area (Å²) in [5.41, 5.74) is 4.77. The maximum atomic E-state index is 13.5. The molecule has 37 heavy (non-hydrogen) atoms. The first kappa shape index (κ1) is 31.9. The van der Waals surface area contributed by atoms with Crippen molar-refractivity contribution in [2.45, 2.75) is 95.8 Å². The lowest BCUT2D eigenvalue weighted by atomic mass is 10.1. The molecular formula is C24H41F3N4O4SSi. The number of ether oxygens (including phenoxy) is 2. The molecule has 212 valence electrons. The topological polar surface area (TPSA) is 112 Å². The number of alkyl halides is 3. The van der Waals surface area contributed by atoms with Crippen LogP contribution in [0.1, 0.15) is 58.3 Å². The van der Waals surface area contributed by atoms with Gasteiger partial charge in [0.15, 0.2) is 5.60 Å². The molecule has 2 aromatic rings. The summed E-state index contributed by atoms with van der Waals surface area (Å²) >= 11 is 0. The monoisotopic (exact) mass is 566 g/mol. The Morgan fingerprint density at radius 3 is 2.32 bits per heavy atom. The van der Waals surface area contributed by atoms with Crippen LogP contribution in [0.25, 0.3) is 11.0 Å². The number of benzene rings is 1. The second-order valence-corrected chi connectivity index (χ2v) is 19.4. The fourth-order valence-corrected chi connectivity index (χ4v) is 4.66. The second kappa shape index (κ2) is 11.8. The van der Waals surface area contributed by atoms with Gasteiger partial charge in [-0.2, -0.15) is 13.2 Å². The highest BCUT2D eigenvalue weighted by Crippen LogP contribution is 2.34. The summed E-state index contributed by atoms with van der Waals surface area (Å²) in [6.07, 6.45) is -5.82. The van der Waals surface area contributed by atoms with Gasteiger partial charge in [0.1, 0.15) is 24.8 Å². The standard InChI is InChI=1S/C24H41F3N4O4SSi/c1-22(2,3)36(33)30-18(14-35-23(4,5)24(25,26)27)21-29-17-10-9-16(20(28)32)13-19(17)31(21)15-34-11-12-37(6,7)8/h9-10,13,18,20,30,32H,11-12,14-15,28H2,1-8H3/t18-,20-,36+/m1/s1. The Balaban J connectivity index is 2.55. The Morgan fingerprint density at radius 2 is 1.81 bits per heavy atom. The van der Waals surface area contributed by atoms with Crippen LogP contribution in [0, 0.1) is 0 Å². The van der Waals surface area contributed by atoms with Gasteiger partial charge in [-0.15, -0.1) is 0 Å². The molecule has 0 aliphatic rings. The van der Waals surface area contributed by atoms with Crippen LogP contribution in [0.2, 0.25) is 25.7 Å². The van der Waals surface area contributed by atoms with Crippen LogP contribution in [-0.2, 0) is 27.2 Å². The molecule has 4 N–H and O–H groups in total. The van der Waals surface area contributed by atoms with Crippen molar-refractivity contribution in [2.75, 3.05) is 13.2 Å².